The lowest BCUT2D eigenvalue weighted by molar-refractivity contribution is -0.129. The topological polar surface area (TPSA) is 75.4 Å². The highest BCUT2D eigenvalue weighted by atomic mass is 16.5. The minimum atomic E-state index is -0.389. The fourth-order valence-electron chi connectivity index (χ4n) is 2.18. The molecule has 2 heterocycles. The van der Waals surface area contributed by atoms with Crippen LogP contribution in [0.3, 0.4) is 0 Å². The predicted molar refractivity (Wildman–Crippen MR) is 75.2 cm³/mol. The molecule has 1 aliphatic rings. The molecule has 2 aromatic rings. The summed E-state index contributed by atoms with van der Waals surface area (Å²) in [7, 11) is 0. The van der Waals surface area contributed by atoms with Crippen LogP contribution in [0, 0.1) is 6.92 Å². The normalized spacial score (nSPS) is 15.2. The van der Waals surface area contributed by atoms with Crippen molar-refractivity contribution in [1.29, 1.82) is 0 Å². The average molecular weight is 285 g/mol. The summed E-state index contributed by atoms with van der Waals surface area (Å²) in [5.74, 6) is 0.281. The highest BCUT2D eigenvalue weighted by Gasteiger charge is 2.26. The van der Waals surface area contributed by atoms with Gasteiger partial charge in [-0.05, 0) is 6.92 Å². The van der Waals surface area contributed by atoms with Gasteiger partial charge in [0.05, 0.1) is 6.54 Å². The first-order valence-electron chi connectivity index (χ1n) is 6.74. The molecule has 3 amide bonds. The van der Waals surface area contributed by atoms with E-state index in [4.69, 9.17) is 4.52 Å². The molecule has 1 N–H and O–H groups in total. The van der Waals surface area contributed by atoms with E-state index in [0.717, 1.165) is 16.0 Å². The molecule has 0 spiro atoms. The molecule has 0 saturated carbocycles. The minimum absolute atomic E-state index is 0.101. The van der Waals surface area contributed by atoms with E-state index in [0.29, 0.717) is 24.4 Å². The number of amides is 3. The number of nitrogens with one attached hydrogen (secondary N) is 1. The Bertz CT molecular complexity index is 660. The van der Waals surface area contributed by atoms with Gasteiger partial charge in [-0.1, -0.05) is 35.0 Å². The summed E-state index contributed by atoms with van der Waals surface area (Å²) in [5.41, 5.74) is 2.79. The Morgan fingerprint density at radius 1 is 1.29 bits per heavy atom. The second kappa shape index (κ2) is 5.40. The zero-order chi connectivity index (χ0) is 14.8. The number of hydrogen-bond acceptors (Lipinski definition) is 4. The molecule has 1 fully saturated rings. The van der Waals surface area contributed by atoms with Gasteiger partial charge in [-0.3, -0.25) is 9.69 Å². The van der Waals surface area contributed by atoms with E-state index in [1.807, 2.05) is 31.2 Å². The van der Waals surface area contributed by atoms with Crippen molar-refractivity contribution in [1.82, 2.24) is 15.4 Å². The van der Waals surface area contributed by atoms with E-state index in [2.05, 4.69) is 10.5 Å². The van der Waals surface area contributed by atoms with E-state index in [-0.39, 0.29) is 18.5 Å². The van der Waals surface area contributed by atoms with Gasteiger partial charge in [0.15, 0.2) is 5.76 Å². The lowest BCUT2D eigenvalue weighted by Crippen LogP contribution is -2.49. The first-order valence-corrected chi connectivity index (χ1v) is 6.74. The van der Waals surface area contributed by atoms with E-state index < -0.39 is 0 Å². The zero-order valence-electron chi connectivity index (χ0n) is 11.6. The molecule has 0 bridgehead atoms. The maximum absolute atomic E-state index is 11.7. The fraction of sp³-hybridized carbons (Fsp3) is 0.267. The third kappa shape index (κ3) is 2.79. The highest BCUT2D eigenvalue weighted by Crippen LogP contribution is 2.20. The summed E-state index contributed by atoms with van der Waals surface area (Å²) in [6.07, 6.45) is 0.310. The summed E-state index contributed by atoms with van der Waals surface area (Å²) in [4.78, 5) is 24.5. The maximum Gasteiger partial charge on any atom is 0.324 e. The van der Waals surface area contributed by atoms with Crippen LogP contribution >= 0.6 is 0 Å². The van der Waals surface area contributed by atoms with E-state index in [9.17, 15) is 9.59 Å². The number of aryl methyl sites for hydroxylation is 1. The fourth-order valence-corrected chi connectivity index (χ4v) is 2.18. The van der Waals surface area contributed by atoms with Crippen molar-refractivity contribution in [3.05, 3.63) is 41.7 Å². The third-order valence-corrected chi connectivity index (χ3v) is 3.38. The van der Waals surface area contributed by atoms with Gasteiger partial charge in [-0.15, -0.1) is 0 Å². The van der Waals surface area contributed by atoms with Crippen LogP contribution in [0.5, 0.6) is 0 Å². The number of hydrogen-bond donors (Lipinski definition) is 1. The molecule has 1 aromatic heterocycles. The molecule has 0 atom stereocenters. The number of nitrogens with zero attached hydrogens (tertiary/aromatic N) is 2. The van der Waals surface area contributed by atoms with E-state index in [1.54, 1.807) is 6.07 Å². The number of carbonyl (C=O) groups is 2. The van der Waals surface area contributed by atoms with Gasteiger partial charge in [-0.25, -0.2) is 4.79 Å². The van der Waals surface area contributed by atoms with Crippen molar-refractivity contribution in [3.63, 3.8) is 0 Å². The standard InChI is InChI=1S/C15H15N3O3/c1-10-2-4-11(5-3-10)13-8-12(21-17-13)9-18-14(19)6-7-16-15(18)20/h2-5,8H,6-7,9H2,1H3,(H,16,20). The summed E-state index contributed by atoms with van der Waals surface area (Å²) in [6, 6.07) is 9.25. The lowest BCUT2D eigenvalue weighted by atomic mass is 10.1. The first-order chi connectivity index (χ1) is 10.1. The Morgan fingerprint density at radius 3 is 2.76 bits per heavy atom. The van der Waals surface area contributed by atoms with Gasteiger partial charge in [-0.2, -0.15) is 0 Å². The van der Waals surface area contributed by atoms with Crippen molar-refractivity contribution >= 4 is 11.9 Å². The van der Waals surface area contributed by atoms with Gasteiger partial charge in [0.25, 0.3) is 0 Å². The summed E-state index contributed by atoms with van der Waals surface area (Å²) < 4.78 is 5.22. The van der Waals surface area contributed by atoms with Crippen molar-refractivity contribution in [3.8, 4) is 11.3 Å². The monoisotopic (exact) mass is 285 g/mol. The van der Waals surface area contributed by atoms with Crippen LogP contribution in [0.25, 0.3) is 11.3 Å². The second-order valence-electron chi connectivity index (χ2n) is 5.01. The van der Waals surface area contributed by atoms with Gasteiger partial charge in [0.1, 0.15) is 5.69 Å². The van der Waals surface area contributed by atoms with Crippen LogP contribution < -0.4 is 5.32 Å². The molecule has 0 aliphatic carbocycles. The molecular weight excluding hydrogens is 270 g/mol. The van der Waals surface area contributed by atoms with Crippen molar-refractivity contribution in [2.45, 2.75) is 19.9 Å². The predicted octanol–water partition coefficient (Wildman–Crippen LogP) is 2.09. The third-order valence-electron chi connectivity index (χ3n) is 3.38. The summed E-state index contributed by atoms with van der Waals surface area (Å²) in [5, 5.41) is 6.62. The zero-order valence-corrected chi connectivity index (χ0v) is 11.6. The summed E-state index contributed by atoms with van der Waals surface area (Å²) in [6.45, 7) is 2.50. The van der Waals surface area contributed by atoms with Gasteiger partial charge < -0.3 is 9.84 Å². The summed E-state index contributed by atoms with van der Waals surface area (Å²) >= 11 is 0. The molecule has 6 nitrogen and oxygen atoms in total. The van der Waals surface area contributed by atoms with Gasteiger partial charge in [0.2, 0.25) is 5.91 Å². The van der Waals surface area contributed by atoms with Crippen LogP contribution in [0.4, 0.5) is 4.79 Å². The number of benzene rings is 1. The van der Waals surface area contributed by atoms with Crippen LogP contribution in [-0.4, -0.2) is 28.5 Å². The van der Waals surface area contributed by atoms with Crippen molar-refractivity contribution in [2.24, 2.45) is 0 Å². The van der Waals surface area contributed by atoms with Crippen LogP contribution in [-0.2, 0) is 11.3 Å². The number of aromatic nitrogens is 1. The Kier molecular flexibility index (Phi) is 3.43. The Hall–Kier alpha value is -2.63. The second-order valence-corrected chi connectivity index (χ2v) is 5.01. The van der Waals surface area contributed by atoms with Crippen molar-refractivity contribution in [2.75, 3.05) is 6.54 Å². The molecule has 21 heavy (non-hydrogen) atoms. The molecule has 108 valence electrons. The van der Waals surface area contributed by atoms with Crippen LogP contribution in [0.15, 0.2) is 34.9 Å². The maximum atomic E-state index is 11.7. The molecule has 0 radical (unpaired) electrons. The quantitative estimate of drug-likeness (QED) is 0.937. The molecule has 1 aromatic carbocycles. The molecule has 3 rings (SSSR count). The van der Waals surface area contributed by atoms with Crippen molar-refractivity contribution < 1.29 is 14.1 Å². The molecule has 0 unspecified atom stereocenters. The average Bonchev–Trinajstić information content (AvgIpc) is 2.92. The first kappa shape index (κ1) is 13.4. The Morgan fingerprint density at radius 2 is 2.05 bits per heavy atom. The molecule has 6 heteroatoms. The van der Waals surface area contributed by atoms with E-state index in [1.165, 1.54) is 0 Å². The smallest absolute Gasteiger partial charge is 0.324 e. The number of urea groups is 1. The Labute approximate surface area is 121 Å². The minimum Gasteiger partial charge on any atom is -0.359 e. The highest BCUT2D eigenvalue weighted by molar-refractivity contribution is 5.96. The molecule has 1 saturated heterocycles. The SMILES string of the molecule is Cc1ccc(-c2cc(CN3C(=O)CCNC3=O)on2)cc1. The van der Waals surface area contributed by atoms with Gasteiger partial charge >= 0.3 is 6.03 Å². The number of rotatable bonds is 3. The number of carbonyl (C=O) groups excluding carboxylic acids is 2. The lowest BCUT2D eigenvalue weighted by Gasteiger charge is -2.24. The molecule has 1 aliphatic heterocycles. The largest absolute Gasteiger partial charge is 0.359 e. The molecular formula is C15H15N3O3. The van der Waals surface area contributed by atoms with Gasteiger partial charge in [0, 0.05) is 24.6 Å². The van der Waals surface area contributed by atoms with E-state index >= 15 is 0 Å². The van der Waals surface area contributed by atoms with Crippen LogP contribution in [0.2, 0.25) is 0 Å². The number of imide groups is 1. The van der Waals surface area contributed by atoms with Crippen LogP contribution in [0.1, 0.15) is 17.7 Å². The Balaban J connectivity index is 1.77.